The first-order valence-electron chi connectivity index (χ1n) is 8.77. The molecule has 0 bridgehead atoms. The van der Waals surface area contributed by atoms with E-state index < -0.39 is 0 Å². The Morgan fingerprint density at radius 2 is 1.92 bits per heavy atom. The molecule has 1 saturated heterocycles. The largest absolute Gasteiger partial charge is 0.336 e. The Hall–Kier alpha value is -2.09. The van der Waals surface area contributed by atoms with E-state index in [1.165, 1.54) is 15.9 Å². The van der Waals surface area contributed by atoms with Crippen molar-refractivity contribution in [2.45, 2.75) is 53.2 Å². The zero-order valence-corrected chi connectivity index (χ0v) is 15.7. The zero-order valence-electron chi connectivity index (χ0n) is 14.9. The lowest BCUT2D eigenvalue weighted by Crippen LogP contribution is -2.39. The SMILES string of the molecule is CCCCn1c(=O)n(CC)c(=O)c2c(C)c(CN3CCNC3=O)sc21. The molecule has 0 unspecified atom stereocenters. The van der Waals surface area contributed by atoms with Crippen molar-refractivity contribution in [2.24, 2.45) is 0 Å². The average molecular weight is 364 g/mol. The number of amides is 2. The molecule has 0 atom stereocenters. The third kappa shape index (κ3) is 2.99. The molecule has 3 rings (SSSR count). The number of thiophene rings is 1. The summed E-state index contributed by atoms with van der Waals surface area (Å²) in [5.74, 6) is 0. The molecule has 7 nitrogen and oxygen atoms in total. The van der Waals surface area contributed by atoms with Crippen molar-refractivity contribution in [2.75, 3.05) is 13.1 Å². The molecular formula is C17H24N4O3S. The fourth-order valence-corrected chi connectivity index (χ4v) is 4.55. The molecule has 1 aliphatic rings. The summed E-state index contributed by atoms with van der Waals surface area (Å²) in [6.45, 7) is 8.56. The van der Waals surface area contributed by atoms with Gasteiger partial charge in [-0.3, -0.25) is 13.9 Å². The number of aromatic nitrogens is 2. The average Bonchev–Trinajstić information content (AvgIpc) is 3.12. The van der Waals surface area contributed by atoms with Crippen LogP contribution >= 0.6 is 11.3 Å². The molecule has 25 heavy (non-hydrogen) atoms. The van der Waals surface area contributed by atoms with Gasteiger partial charge in [0.25, 0.3) is 5.56 Å². The molecule has 0 radical (unpaired) electrons. The molecule has 2 aromatic rings. The van der Waals surface area contributed by atoms with E-state index in [1.54, 1.807) is 9.47 Å². The quantitative estimate of drug-likeness (QED) is 0.850. The number of nitrogens with one attached hydrogen (secondary N) is 1. The van der Waals surface area contributed by atoms with Gasteiger partial charge in [-0.2, -0.15) is 0 Å². The van der Waals surface area contributed by atoms with E-state index in [0.717, 1.165) is 28.1 Å². The van der Waals surface area contributed by atoms with Crippen LogP contribution in [0.15, 0.2) is 9.59 Å². The highest BCUT2D eigenvalue weighted by Crippen LogP contribution is 2.29. The number of unbranched alkanes of at least 4 members (excludes halogenated alkanes) is 1. The van der Waals surface area contributed by atoms with Crippen LogP contribution in [0.4, 0.5) is 4.79 Å². The van der Waals surface area contributed by atoms with Gasteiger partial charge in [-0.1, -0.05) is 13.3 Å². The van der Waals surface area contributed by atoms with E-state index in [0.29, 0.717) is 38.1 Å². The summed E-state index contributed by atoms with van der Waals surface area (Å²) in [4.78, 5) is 40.8. The zero-order chi connectivity index (χ0) is 18.1. The molecule has 0 aromatic carbocycles. The number of fused-ring (bicyclic) bond motifs is 1. The fourth-order valence-electron chi connectivity index (χ4n) is 3.22. The van der Waals surface area contributed by atoms with Gasteiger partial charge in [0.15, 0.2) is 0 Å². The number of hydrogen-bond acceptors (Lipinski definition) is 4. The number of urea groups is 1. The molecule has 1 aliphatic heterocycles. The summed E-state index contributed by atoms with van der Waals surface area (Å²) < 4.78 is 3.04. The number of aryl methyl sites for hydroxylation is 2. The second-order valence-corrected chi connectivity index (χ2v) is 7.40. The highest BCUT2D eigenvalue weighted by molar-refractivity contribution is 7.18. The van der Waals surface area contributed by atoms with Crippen LogP contribution in [0, 0.1) is 6.92 Å². The molecule has 1 N–H and O–H groups in total. The molecule has 8 heteroatoms. The van der Waals surface area contributed by atoms with Crippen molar-refractivity contribution in [1.29, 1.82) is 0 Å². The fraction of sp³-hybridized carbons (Fsp3) is 0.588. The standard InChI is InChI=1S/C17H24N4O3S/c1-4-6-8-21-15-13(14(22)20(5-2)17(21)24)11(3)12(25-15)10-19-9-7-18-16(19)23/h4-10H2,1-3H3,(H,18,23). The van der Waals surface area contributed by atoms with Crippen LogP contribution in [-0.2, 0) is 19.6 Å². The predicted octanol–water partition coefficient (Wildman–Crippen LogP) is 1.88. The third-order valence-electron chi connectivity index (χ3n) is 4.72. The van der Waals surface area contributed by atoms with Crippen molar-refractivity contribution in [1.82, 2.24) is 19.4 Å². The summed E-state index contributed by atoms with van der Waals surface area (Å²) in [5.41, 5.74) is 0.429. The summed E-state index contributed by atoms with van der Waals surface area (Å²) >= 11 is 1.47. The first kappa shape index (κ1) is 17.7. The monoisotopic (exact) mass is 364 g/mol. The van der Waals surface area contributed by atoms with Gasteiger partial charge in [0.05, 0.1) is 11.9 Å². The molecule has 0 saturated carbocycles. The summed E-state index contributed by atoms with van der Waals surface area (Å²) in [6.07, 6.45) is 1.86. The predicted molar refractivity (Wildman–Crippen MR) is 99.5 cm³/mol. The highest BCUT2D eigenvalue weighted by Gasteiger charge is 2.24. The van der Waals surface area contributed by atoms with Crippen LogP contribution in [0.3, 0.4) is 0 Å². The van der Waals surface area contributed by atoms with Gasteiger partial charge >= 0.3 is 11.7 Å². The molecule has 2 amide bonds. The lowest BCUT2D eigenvalue weighted by atomic mass is 10.2. The molecule has 3 heterocycles. The van der Waals surface area contributed by atoms with Crippen molar-refractivity contribution in [3.05, 3.63) is 31.3 Å². The summed E-state index contributed by atoms with van der Waals surface area (Å²) in [7, 11) is 0. The Morgan fingerprint density at radius 1 is 1.16 bits per heavy atom. The van der Waals surface area contributed by atoms with Crippen LogP contribution in [0.5, 0.6) is 0 Å². The van der Waals surface area contributed by atoms with Crippen LogP contribution in [0.2, 0.25) is 0 Å². The Bertz CT molecular complexity index is 925. The van der Waals surface area contributed by atoms with Gasteiger partial charge in [-0.05, 0) is 25.8 Å². The molecular weight excluding hydrogens is 340 g/mol. The minimum absolute atomic E-state index is 0.0776. The number of nitrogens with zero attached hydrogens (tertiary/aromatic N) is 3. The lowest BCUT2D eigenvalue weighted by Gasteiger charge is -2.12. The van der Waals surface area contributed by atoms with Gasteiger partial charge in [0.2, 0.25) is 0 Å². The normalized spacial score (nSPS) is 14.5. The van der Waals surface area contributed by atoms with Crippen molar-refractivity contribution >= 4 is 27.6 Å². The maximum atomic E-state index is 12.8. The molecule has 0 aliphatic carbocycles. The van der Waals surface area contributed by atoms with Crippen molar-refractivity contribution in [3.63, 3.8) is 0 Å². The van der Waals surface area contributed by atoms with E-state index in [1.807, 2.05) is 13.8 Å². The first-order valence-corrected chi connectivity index (χ1v) is 9.59. The summed E-state index contributed by atoms with van der Waals surface area (Å²) in [5, 5.41) is 3.41. The molecule has 1 fully saturated rings. The third-order valence-corrected chi connectivity index (χ3v) is 6.02. The van der Waals surface area contributed by atoms with Crippen LogP contribution in [0.25, 0.3) is 10.2 Å². The Kier molecular flexibility index (Phi) is 4.99. The van der Waals surface area contributed by atoms with Gasteiger partial charge in [-0.15, -0.1) is 11.3 Å². The first-order chi connectivity index (χ1) is 12.0. The smallest absolute Gasteiger partial charge is 0.332 e. The van der Waals surface area contributed by atoms with E-state index in [4.69, 9.17) is 0 Å². The van der Waals surface area contributed by atoms with Crippen LogP contribution < -0.4 is 16.6 Å². The number of hydrogen-bond donors (Lipinski definition) is 1. The van der Waals surface area contributed by atoms with Gasteiger partial charge < -0.3 is 10.2 Å². The van der Waals surface area contributed by atoms with Crippen molar-refractivity contribution in [3.8, 4) is 0 Å². The molecule has 0 spiro atoms. The van der Waals surface area contributed by atoms with Gasteiger partial charge in [0, 0.05) is 31.1 Å². The van der Waals surface area contributed by atoms with Crippen molar-refractivity contribution < 1.29 is 4.79 Å². The van der Waals surface area contributed by atoms with E-state index in [2.05, 4.69) is 12.2 Å². The van der Waals surface area contributed by atoms with Crippen LogP contribution in [-0.4, -0.2) is 33.2 Å². The minimum atomic E-state index is -0.236. The minimum Gasteiger partial charge on any atom is -0.336 e. The maximum Gasteiger partial charge on any atom is 0.332 e. The van der Waals surface area contributed by atoms with Gasteiger partial charge in [0.1, 0.15) is 4.83 Å². The second-order valence-electron chi connectivity index (χ2n) is 6.32. The number of carbonyl (C=O) groups is 1. The number of rotatable bonds is 6. The second kappa shape index (κ2) is 7.03. The molecule has 2 aromatic heterocycles. The highest BCUT2D eigenvalue weighted by atomic mass is 32.1. The topological polar surface area (TPSA) is 76.3 Å². The van der Waals surface area contributed by atoms with E-state index in [-0.39, 0.29) is 17.3 Å². The van der Waals surface area contributed by atoms with E-state index in [9.17, 15) is 14.4 Å². The van der Waals surface area contributed by atoms with Gasteiger partial charge in [-0.25, -0.2) is 9.59 Å². The Balaban J connectivity index is 2.17. The summed E-state index contributed by atoms with van der Waals surface area (Å²) in [6, 6.07) is -0.0776. The van der Waals surface area contributed by atoms with Crippen LogP contribution in [0.1, 0.15) is 37.1 Å². The Labute approximate surface area is 149 Å². The molecule has 136 valence electrons. The Morgan fingerprint density at radius 3 is 2.52 bits per heavy atom. The maximum absolute atomic E-state index is 12.8. The lowest BCUT2D eigenvalue weighted by molar-refractivity contribution is 0.216. The van der Waals surface area contributed by atoms with E-state index >= 15 is 0 Å². The number of carbonyl (C=O) groups excluding carboxylic acids is 1.